The first-order valence-corrected chi connectivity index (χ1v) is 11.9. The van der Waals surface area contributed by atoms with Crippen molar-refractivity contribution in [3.63, 3.8) is 0 Å². The molecule has 168 valence electrons. The van der Waals surface area contributed by atoms with Gasteiger partial charge < -0.3 is 5.32 Å². The summed E-state index contributed by atoms with van der Waals surface area (Å²) in [7, 11) is 0. The highest BCUT2D eigenvalue weighted by Gasteiger charge is 2.35. The van der Waals surface area contributed by atoms with Crippen LogP contribution in [0.3, 0.4) is 0 Å². The molecule has 1 fully saturated rings. The van der Waals surface area contributed by atoms with Gasteiger partial charge in [-0.15, -0.1) is 0 Å². The van der Waals surface area contributed by atoms with Crippen molar-refractivity contribution in [2.75, 3.05) is 19.6 Å². The van der Waals surface area contributed by atoms with E-state index in [9.17, 15) is 14.4 Å². The molecule has 4 rings (SSSR count). The van der Waals surface area contributed by atoms with E-state index in [2.05, 4.69) is 57.3 Å². The van der Waals surface area contributed by atoms with E-state index < -0.39 is 0 Å². The monoisotopic (exact) mass is 497 g/mol. The van der Waals surface area contributed by atoms with E-state index in [1.165, 1.54) is 16.0 Å². The number of amides is 3. The number of aryl methyl sites for hydroxylation is 1. The number of rotatable bonds is 7. The van der Waals surface area contributed by atoms with Gasteiger partial charge in [0.1, 0.15) is 0 Å². The Kier molecular flexibility index (Phi) is 7.06. The maximum Gasteiger partial charge on any atom is 0.261 e. The van der Waals surface area contributed by atoms with E-state index in [4.69, 9.17) is 0 Å². The Labute approximate surface area is 197 Å². The van der Waals surface area contributed by atoms with Crippen LogP contribution in [0.15, 0.2) is 46.9 Å². The minimum Gasteiger partial charge on any atom is -0.353 e. The molecule has 0 unspecified atom stereocenters. The standard InChI is InChI=1S/C25H28BrN3O3/c1-17-4-2-5-18(14-17)16-28-12-9-20(10-13-28)27-23(30)6-3-11-29-24(31)21-8-7-19(26)15-22(21)25(29)32/h2,4-5,7-8,14-15,20H,3,6,9-13,16H2,1H3,(H,27,30). The number of likely N-dealkylation sites (tertiary alicyclic amines) is 1. The lowest BCUT2D eigenvalue weighted by atomic mass is 10.0. The second-order valence-electron chi connectivity index (χ2n) is 8.66. The molecular formula is C25H28BrN3O3. The summed E-state index contributed by atoms with van der Waals surface area (Å²) >= 11 is 3.34. The van der Waals surface area contributed by atoms with Gasteiger partial charge in [-0.05, 0) is 49.9 Å². The number of carbonyl (C=O) groups excluding carboxylic acids is 3. The smallest absolute Gasteiger partial charge is 0.261 e. The van der Waals surface area contributed by atoms with Crippen LogP contribution in [-0.2, 0) is 11.3 Å². The van der Waals surface area contributed by atoms with Crippen molar-refractivity contribution >= 4 is 33.7 Å². The Morgan fingerprint density at radius 3 is 2.56 bits per heavy atom. The third kappa shape index (κ3) is 5.27. The fraction of sp³-hybridized carbons (Fsp3) is 0.400. The number of hydrogen-bond acceptors (Lipinski definition) is 4. The molecule has 2 aromatic rings. The van der Waals surface area contributed by atoms with E-state index in [1.807, 2.05) is 0 Å². The van der Waals surface area contributed by atoms with Gasteiger partial charge in [0.15, 0.2) is 0 Å². The molecule has 1 N–H and O–H groups in total. The van der Waals surface area contributed by atoms with Crippen molar-refractivity contribution in [3.8, 4) is 0 Å². The highest BCUT2D eigenvalue weighted by Crippen LogP contribution is 2.26. The van der Waals surface area contributed by atoms with Gasteiger partial charge in [0, 0.05) is 43.1 Å². The van der Waals surface area contributed by atoms with Gasteiger partial charge in [0.2, 0.25) is 5.91 Å². The van der Waals surface area contributed by atoms with Crippen molar-refractivity contribution < 1.29 is 14.4 Å². The number of imide groups is 1. The minimum atomic E-state index is -0.285. The Balaban J connectivity index is 1.18. The second kappa shape index (κ2) is 9.96. The minimum absolute atomic E-state index is 0.0125. The molecule has 0 bridgehead atoms. The largest absolute Gasteiger partial charge is 0.353 e. The van der Waals surface area contributed by atoms with Crippen LogP contribution in [0.25, 0.3) is 0 Å². The van der Waals surface area contributed by atoms with Crippen LogP contribution in [0.4, 0.5) is 0 Å². The highest BCUT2D eigenvalue weighted by atomic mass is 79.9. The van der Waals surface area contributed by atoms with Crippen molar-refractivity contribution in [1.29, 1.82) is 0 Å². The van der Waals surface area contributed by atoms with Gasteiger partial charge in [0.05, 0.1) is 11.1 Å². The summed E-state index contributed by atoms with van der Waals surface area (Å²) in [5.41, 5.74) is 3.46. The third-order valence-corrected chi connectivity index (χ3v) is 6.65. The topological polar surface area (TPSA) is 69.7 Å². The van der Waals surface area contributed by atoms with Crippen LogP contribution in [0, 0.1) is 6.92 Å². The van der Waals surface area contributed by atoms with Crippen molar-refractivity contribution in [2.45, 2.75) is 45.2 Å². The quantitative estimate of drug-likeness (QED) is 0.588. The summed E-state index contributed by atoms with van der Waals surface area (Å²) in [6, 6.07) is 13.9. The first-order valence-electron chi connectivity index (χ1n) is 11.1. The number of piperidine rings is 1. The van der Waals surface area contributed by atoms with Gasteiger partial charge in [0.25, 0.3) is 11.8 Å². The molecule has 0 aliphatic carbocycles. The number of hydrogen-bond donors (Lipinski definition) is 1. The number of benzene rings is 2. The Morgan fingerprint density at radius 2 is 1.81 bits per heavy atom. The molecule has 2 aliphatic rings. The maximum atomic E-state index is 12.5. The molecule has 0 spiro atoms. The van der Waals surface area contributed by atoms with E-state index in [0.717, 1.165) is 36.9 Å². The lowest BCUT2D eigenvalue weighted by Gasteiger charge is -2.32. The number of nitrogens with zero attached hydrogens (tertiary/aromatic N) is 2. The number of nitrogens with one attached hydrogen (secondary N) is 1. The number of carbonyl (C=O) groups is 3. The molecule has 0 atom stereocenters. The van der Waals surface area contributed by atoms with Crippen LogP contribution >= 0.6 is 15.9 Å². The lowest BCUT2D eigenvalue weighted by molar-refractivity contribution is -0.122. The summed E-state index contributed by atoms with van der Waals surface area (Å²) in [5, 5.41) is 3.12. The van der Waals surface area contributed by atoms with E-state index in [1.54, 1.807) is 18.2 Å². The van der Waals surface area contributed by atoms with Crippen LogP contribution in [0.5, 0.6) is 0 Å². The average molecular weight is 498 g/mol. The maximum absolute atomic E-state index is 12.5. The van der Waals surface area contributed by atoms with E-state index in [0.29, 0.717) is 24.0 Å². The van der Waals surface area contributed by atoms with Gasteiger partial charge in [-0.1, -0.05) is 45.8 Å². The van der Waals surface area contributed by atoms with Crippen LogP contribution in [-0.4, -0.2) is 53.2 Å². The second-order valence-corrected chi connectivity index (χ2v) is 9.58. The van der Waals surface area contributed by atoms with Crippen LogP contribution in [0.1, 0.15) is 57.5 Å². The van der Waals surface area contributed by atoms with E-state index in [-0.39, 0.29) is 30.3 Å². The van der Waals surface area contributed by atoms with Gasteiger partial charge in [-0.3, -0.25) is 24.2 Å². The molecule has 7 heteroatoms. The molecule has 6 nitrogen and oxygen atoms in total. The first-order chi connectivity index (χ1) is 15.4. The Bertz CT molecular complexity index is 1030. The average Bonchev–Trinajstić information content (AvgIpc) is 2.99. The summed E-state index contributed by atoms with van der Waals surface area (Å²) in [5.74, 6) is -0.576. The lowest BCUT2D eigenvalue weighted by Crippen LogP contribution is -2.44. The molecule has 0 radical (unpaired) electrons. The summed E-state index contributed by atoms with van der Waals surface area (Å²) in [4.78, 5) is 41.1. The first kappa shape index (κ1) is 22.7. The Morgan fingerprint density at radius 1 is 1.06 bits per heavy atom. The predicted octanol–water partition coefficient (Wildman–Crippen LogP) is 3.91. The zero-order chi connectivity index (χ0) is 22.7. The molecule has 32 heavy (non-hydrogen) atoms. The summed E-state index contributed by atoms with van der Waals surface area (Å²) in [6.07, 6.45) is 2.64. The van der Waals surface area contributed by atoms with Gasteiger partial charge >= 0.3 is 0 Å². The molecule has 2 aliphatic heterocycles. The normalized spacial score (nSPS) is 17.0. The summed E-state index contributed by atoms with van der Waals surface area (Å²) < 4.78 is 0.767. The third-order valence-electron chi connectivity index (χ3n) is 6.16. The fourth-order valence-corrected chi connectivity index (χ4v) is 4.83. The van der Waals surface area contributed by atoms with Crippen LogP contribution in [0.2, 0.25) is 0 Å². The van der Waals surface area contributed by atoms with E-state index >= 15 is 0 Å². The Hall–Kier alpha value is -2.51. The predicted molar refractivity (Wildman–Crippen MR) is 126 cm³/mol. The van der Waals surface area contributed by atoms with Crippen molar-refractivity contribution in [2.24, 2.45) is 0 Å². The SMILES string of the molecule is Cc1cccc(CN2CCC(NC(=O)CCCN3C(=O)c4ccc(Br)cc4C3=O)CC2)c1. The fourth-order valence-electron chi connectivity index (χ4n) is 4.47. The molecule has 0 aromatic heterocycles. The molecule has 0 saturated carbocycles. The molecule has 2 heterocycles. The van der Waals surface area contributed by atoms with Gasteiger partial charge in [-0.2, -0.15) is 0 Å². The molecular weight excluding hydrogens is 470 g/mol. The molecule has 1 saturated heterocycles. The zero-order valence-electron chi connectivity index (χ0n) is 18.3. The zero-order valence-corrected chi connectivity index (χ0v) is 19.9. The summed E-state index contributed by atoms with van der Waals surface area (Å²) in [6.45, 7) is 5.23. The van der Waals surface area contributed by atoms with Crippen molar-refractivity contribution in [3.05, 3.63) is 69.2 Å². The van der Waals surface area contributed by atoms with Crippen molar-refractivity contribution in [1.82, 2.24) is 15.1 Å². The molecule has 2 aromatic carbocycles. The number of fused-ring (bicyclic) bond motifs is 1. The molecule has 3 amide bonds. The van der Waals surface area contributed by atoms with Crippen LogP contribution < -0.4 is 5.32 Å². The highest BCUT2D eigenvalue weighted by molar-refractivity contribution is 9.10. The number of halogens is 1. The van der Waals surface area contributed by atoms with Gasteiger partial charge in [-0.25, -0.2) is 0 Å².